The van der Waals surface area contributed by atoms with Crippen molar-refractivity contribution in [2.45, 2.75) is 24.2 Å². The number of rotatable bonds is 7. The number of para-hydroxylation sites is 1. The highest BCUT2D eigenvalue weighted by Crippen LogP contribution is 2.24. The molecule has 0 saturated heterocycles. The number of thiophene rings is 1. The second-order valence-corrected chi connectivity index (χ2v) is 9.60. The molecule has 2 aromatic carbocycles. The fourth-order valence-corrected chi connectivity index (χ4v) is 5.04. The van der Waals surface area contributed by atoms with Crippen LogP contribution in [0.25, 0.3) is 10.9 Å². The molecule has 2 heterocycles. The molecule has 9 heteroatoms. The van der Waals surface area contributed by atoms with Gasteiger partial charge < -0.3 is 5.32 Å². The number of anilines is 1. The van der Waals surface area contributed by atoms with E-state index in [9.17, 15) is 12.8 Å². The number of aromatic nitrogens is 2. The minimum atomic E-state index is -3.63. The molecule has 0 aliphatic carbocycles. The summed E-state index contributed by atoms with van der Waals surface area (Å²) in [4.78, 5) is 9.05. The van der Waals surface area contributed by atoms with Crippen molar-refractivity contribution in [3.05, 3.63) is 82.7 Å². The number of fused-ring (bicyclic) bond motifs is 1. The van der Waals surface area contributed by atoms with Crippen molar-refractivity contribution in [3.8, 4) is 0 Å². The van der Waals surface area contributed by atoms with Gasteiger partial charge in [0.1, 0.15) is 21.7 Å². The maximum Gasteiger partial charge on any atom is 0.250 e. The van der Waals surface area contributed by atoms with Gasteiger partial charge in [-0.05, 0) is 36.1 Å². The Kier molecular flexibility index (Phi) is 5.76. The average Bonchev–Trinajstić information content (AvgIpc) is 3.28. The van der Waals surface area contributed by atoms with Crippen molar-refractivity contribution < 1.29 is 12.8 Å². The Labute approximate surface area is 177 Å². The van der Waals surface area contributed by atoms with Gasteiger partial charge in [-0.3, -0.25) is 0 Å². The summed E-state index contributed by atoms with van der Waals surface area (Å²) in [5.41, 5.74) is 2.16. The smallest absolute Gasteiger partial charge is 0.250 e. The van der Waals surface area contributed by atoms with Crippen molar-refractivity contribution in [2.75, 3.05) is 5.32 Å². The third kappa shape index (κ3) is 4.33. The van der Waals surface area contributed by atoms with Gasteiger partial charge in [0.2, 0.25) is 10.0 Å². The molecule has 0 bridgehead atoms. The summed E-state index contributed by atoms with van der Waals surface area (Å²) in [6.45, 7) is 2.11. The minimum Gasteiger partial charge on any atom is -0.365 e. The first kappa shape index (κ1) is 20.4. The molecule has 30 heavy (non-hydrogen) atoms. The lowest BCUT2D eigenvalue weighted by molar-refractivity contribution is 0.581. The Hall–Kier alpha value is -2.88. The van der Waals surface area contributed by atoms with E-state index in [-0.39, 0.29) is 23.1 Å². The largest absolute Gasteiger partial charge is 0.365 e. The molecule has 2 N–H and O–H groups in total. The molecule has 0 saturated carbocycles. The minimum absolute atomic E-state index is 0.0567. The number of nitrogens with zero attached hydrogens (tertiary/aromatic N) is 2. The van der Waals surface area contributed by atoms with Crippen LogP contribution in [0.1, 0.15) is 17.0 Å². The molecule has 0 spiro atoms. The predicted molar refractivity (Wildman–Crippen MR) is 116 cm³/mol. The summed E-state index contributed by atoms with van der Waals surface area (Å²) in [5, 5.41) is 5.66. The molecule has 0 fully saturated rings. The molecule has 4 rings (SSSR count). The van der Waals surface area contributed by atoms with E-state index in [1.165, 1.54) is 6.07 Å². The van der Waals surface area contributed by atoms with Gasteiger partial charge in [0.05, 0.1) is 12.1 Å². The molecule has 0 atom stereocenters. The molecule has 0 amide bonds. The monoisotopic (exact) mass is 442 g/mol. The Morgan fingerprint density at radius 2 is 1.83 bits per heavy atom. The van der Waals surface area contributed by atoms with E-state index in [4.69, 9.17) is 0 Å². The van der Waals surface area contributed by atoms with Crippen LogP contribution in [-0.2, 0) is 23.1 Å². The molecular weight excluding hydrogens is 423 g/mol. The quantitative estimate of drug-likeness (QED) is 0.448. The number of nitrogens with one attached hydrogen (secondary N) is 2. The number of sulfonamides is 1. The van der Waals surface area contributed by atoms with Crippen molar-refractivity contribution in [1.29, 1.82) is 0 Å². The van der Waals surface area contributed by atoms with Crippen LogP contribution in [0.3, 0.4) is 0 Å². The van der Waals surface area contributed by atoms with E-state index in [0.29, 0.717) is 22.7 Å². The Balaban J connectivity index is 1.64. The average molecular weight is 443 g/mol. The number of hydrogen-bond donors (Lipinski definition) is 2. The number of halogens is 1. The van der Waals surface area contributed by atoms with Crippen molar-refractivity contribution in [1.82, 2.24) is 14.7 Å². The second-order valence-electron chi connectivity index (χ2n) is 6.66. The fraction of sp³-hybridized carbons (Fsp3) is 0.143. The van der Waals surface area contributed by atoms with E-state index in [1.807, 2.05) is 25.1 Å². The lowest BCUT2D eigenvalue weighted by atomic mass is 10.1. The first-order valence-corrected chi connectivity index (χ1v) is 11.6. The van der Waals surface area contributed by atoms with Gasteiger partial charge >= 0.3 is 0 Å². The van der Waals surface area contributed by atoms with Crippen LogP contribution in [0.5, 0.6) is 0 Å². The van der Waals surface area contributed by atoms with Crippen LogP contribution in [0.15, 0.2) is 64.2 Å². The normalized spacial score (nSPS) is 11.7. The van der Waals surface area contributed by atoms with Gasteiger partial charge in [-0.2, -0.15) is 0 Å². The Morgan fingerprint density at radius 3 is 2.60 bits per heavy atom. The van der Waals surface area contributed by atoms with Crippen LogP contribution < -0.4 is 10.0 Å². The Bertz CT molecular complexity index is 1290. The molecule has 154 valence electrons. The number of benzene rings is 2. The zero-order valence-corrected chi connectivity index (χ0v) is 17.7. The third-order valence-corrected chi connectivity index (χ3v) is 7.36. The molecule has 2 aromatic heterocycles. The van der Waals surface area contributed by atoms with Gasteiger partial charge in [-0.25, -0.2) is 27.5 Å². The van der Waals surface area contributed by atoms with Crippen LogP contribution in [0, 0.1) is 12.7 Å². The third-order valence-electron chi connectivity index (χ3n) is 4.56. The first-order valence-electron chi connectivity index (χ1n) is 9.21. The highest BCUT2D eigenvalue weighted by Gasteiger charge is 2.17. The summed E-state index contributed by atoms with van der Waals surface area (Å²) < 4.78 is 41.6. The SMILES string of the molecule is Cc1cccc2c(NCc3ccccc3F)nc(CNS(=O)(=O)c3cccs3)nc12. The van der Waals surface area contributed by atoms with Crippen LogP contribution in [-0.4, -0.2) is 18.4 Å². The van der Waals surface area contributed by atoms with Gasteiger partial charge in [-0.15, -0.1) is 11.3 Å². The van der Waals surface area contributed by atoms with Crippen LogP contribution in [0.2, 0.25) is 0 Å². The number of aryl methyl sites for hydroxylation is 1. The topological polar surface area (TPSA) is 84.0 Å². The summed E-state index contributed by atoms with van der Waals surface area (Å²) in [6, 6.07) is 15.4. The summed E-state index contributed by atoms with van der Waals surface area (Å²) >= 11 is 1.14. The van der Waals surface area contributed by atoms with Gasteiger partial charge in [-0.1, -0.05) is 36.4 Å². The standard InChI is InChI=1S/C21H19FN4O2S2/c1-14-6-4-8-16-20(14)25-18(13-24-30(27,28)19-10-5-11-29-19)26-21(16)23-12-15-7-2-3-9-17(15)22/h2-11,24H,12-13H2,1H3,(H,23,25,26). The lowest BCUT2D eigenvalue weighted by Gasteiger charge is -2.13. The highest BCUT2D eigenvalue weighted by atomic mass is 32.2. The molecule has 4 aromatic rings. The van der Waals surface area contributed by atoms with E-state index in [0.717, 1.165) is 22.3 Å². The molecule has 0 unspecified atom stereocenters. The Morgan fingerprint density at radius 1 is 1.00 bits per heavy atom. The van der Waals surface area contributed by atoms with Crippen molar-refractivity contribution in [3.63, 3.8) is 0 Å². The molecular formula is C21H19FN4O2S2. The molecule has 6 nitrogen and oxygen atoms in total. The fourth-order valence-electron chi connectivity index (χ4n) is 3.02. The maximum atomic E-state index is 14.0. The number of hydrogen-bond acceptors (Lipinski definition) is 6. The zero-order chi connectivity index (χ0) is 21.1. The molecule has 0 aliphatic heterocycles. The summed E-state index contributed by atoms with van der Waals surface area (Å²) in [7, 11) is -3.63. The van der Waals surface area contributed by atoms with Crippen molar-refractivity contribution >= 4 is 38.1 Å². The van der Waals surface area contributed by atoms with Gasteiger partial charge in [0.25, 0.3) is 0 Å². The zero-order valence-electron chi connectivity index (χ0n) is 16.1. The van der Waals surface area contributed by atoms with E-state index < -0.39 is 10.0 Å². The maximum absolute atomic E-state index is 14.0. The summed E-state index contributed by atoms with van der Waals surface area (Å²) in [5.74, 6) is 0.550. The van der Waals surface area contributed by atoms with Gasteiger partial charge in [0, 0.05) is 17.5 Å². The van der Waals surface area contributed by atoms with E-state index in [1.54, 1.807) is 35.7 Å². The van der Waals surface area contributed by atoms with E-state index >= 15 is 0 Å². The highest BCUT2D eigenvalue weighted by molar-refractivity contribution is 7.91. The van der Waals surface area contributed by atoms with Crippen LogP contribution in [0.4, 0.5) is 10.2 Å². The van der Waals surface area contributed by atoms with Crippen LogP contribution >= 0.6 is 11.3 Å². The van der Waals surface area contributed by atoms with E-state index in [2.05, 4.69) is 20.0 Å². The van der Waals surface area contributed by atoms with Crippen molar-refractivity contribution in [2.24, 2.45) is 0 Å². The lowest BCUT2D eigenvalue weighted by Crippen LogP contribution is -2.24. The molecule has 0 aliphatic rings. The van der Waals surface area contributed by atoms with Gasteiger partial charge in [0.15, 0.2) is 0 Å². The second kappa shape index (κ2) is 8.47. The summed E-state index contributed by atoms with van der Waals surface area (Å²) in [6.07, 6.45) is 0. The molecule has 0 radical (unpaired) electrons. The predicted octanol–water partition coefficient (Wildman–Crippen LogP) is 4.23. The first-order chi connectivity index (χ1) is 14.4.